The highest BCUT2D eigenvalue weighted by atomic mass is 35.5. The van der Waals surface area contributed by atoms with Crippen molar-refractivity contribution in [3.63, 3.8) is 0 Å². The second-order valence-electron chi connectivity index (χ2n) is 3.10. The summed E-state index contributed by atoms with van der Waals surface area (Å²) in [5.74, 6) is 0. The van der Waals surface area contributed by atoms with Crippen molar-refractivity contribution in [1.29, 1.82) is 0 Å². The second kappa shape index (κ2) is 4.46. The van der Waals surface area contributed by atoms with Crippen molar-refractivity contribution in [2.75, 3.05) is 13.1 Å². The van der Waals surface area contributed by atoms with Crippen molar-refractivity contribution < 1.29 is 4.92 Å². The van der Waals surface area contributed by atoms with Gasteiger partial charge in [-0.15, -0.1) is 0 Å². The van der Waals surface area contributed by atoms with Crippen LogP contribution >= 0.6 is 11.6 Å². The van der Waals surface area contributed by atoms with Crippen LogP contribution < -0.4 is 0 Å². The summed E-state index contributed by atoms with van der Waals surface area (Å²) in [6.45, 7) is 5.30. The number of rotatable bonds is 3. The van der Waals surface area contributed by atoms with Crippen molar-refractivity contribution in [2.24, 2.45) is 0 Å². The maximum Gasteiger partial charge on any atom is 0.304 e. The fraction of sp³-hybridized carbons (Fsp3) is 0.556. The SMILES string of the molecule is CCC1=CC([N+](=O)[O-])=C(Cl)N(CC)C1. The molecular weight excluding hydrogens is 204 g/mol. The predicted molar refractivity (Wildman–Crippen MR) is 55.5 cm³/mol. The molecule has 1 aliphatic heterocycles. The first-order chi connectivity index (χ1) is 6.60. The highest BCUT2D eigenvalue weighted by molar-refractivity contribution is 6.29. The molecule has 4 nitrogen and oxygen atoms in total. The van der Waals surface area contributed by atoms with E-state index in [0.717, 1.165) is 12.0 Å². The monoisotopic (exact) mass is 216 g/mol. The summed E-state index contributed by atoms with van der Waals surface area (Å²) >= 11 is 5.89. The number of hydrogen-bond acceptors (Lipinski definition) is 3. The van der Waals surface area contributed by atoms with Crippen LogP contribution in [0.1, 0.15) is 20.3 Å². The smallest absolute Gasteiger partial charge is 0.304 e. The van der Waals surface area contributed by atoms with Gasteiger partial charge < -0.3 is 4.90 Å². The molecule has 1 heterocycles. The Labute approximate surface area is 88.0 Å². The first-order valence-corrected chi connectivity index (χ1v) is 4.96. The number of allylic oxidation sites excluding steroid dienone is 1. The third kappa shape index (κ3) is 2.07. The molecule has 0 radical (unpaired) electrons. The van der Waals surface area contributed by atoms with Gasteiger partial charge in [0.05, 0.1) is 4.92 Å². The van der Waals surface area contributed by atoms with Crippen molar-refractivity contribution in [3.8, 4) is 0 Å². The number of likely N-dealkylation sites (N-methyl/N-ethyl adjacent to an activating group) is 1. The fourth-order valence-corrected chi connectivity index (χ4v) is 1.67. The molecule has 1 rings (SSSR count). The molecule has 0 spiro atoms. The van der Waals surface area contributed by atoms with Gasteiger partial charge >= 0.3 is 5.70 Å². The van der Waals surface area contributed by atoms with Gasteiger partial charge in [0.1, 0.15) is 0 Å². The van der Waals surface area contributed by atoms with Gasteiger partial charge in [0.15, 0.2) is 5.16 Å². The topological polar surface area (TPSA) is 46.4 Å². The third-order valence-electron chi connectivity index (χ3n) is 2.26. The number of hydrogen-bond donors (Lipinski definition) is 0. The average Bonchev–Trinajstić information content (AvgIpc) is 2.17. The van der Waals surface area contributed by atoms with Gasteiger partial charge in [-0.05, 0) is 18.9 Å². The van der Waals surface area contributed by atoms with E-state index in [1.807, 2.05) is 13.8 Å². The van der Waals surface area contributed by atoms with Crippen LogP contribution in [0.2, 0.25) is 0 Å². The lowest BCUT2D eigenvalue weighted by Gasteiger charge is -2.25. The largest absolute Gasteiger partial charge is 0.353 e. The molecule has 14 heavy (non-hydrogen) atoms. The average molecular weight is 217 g/mol. The number of halogens is 1. The van der Waals surface area contributed by atoms with Crippen molar-refractivity contribution in [2.45, 2.75) is 20.3 Å². The molecule has 0 atom stereocenters. The van der Waals surface area contributed by atoms with E-state index in [-0.39, 0.29) is 10.9 Å². The Morgan fingerprint density at radius 1 is 1.64 bits per heavy atom. The summed E-state index contributed by atoms with van der Waals surface area (Å²) in [5.41, 5.74) is 1.06. The van der Waals surface area contributed by atoms with Gasteiger partial charge in [-0.25, -0.2) is 0 Å². The molecule has 0 saturated carbocycles. The maximum absolute atomic E-state index is 10.7. The van der Waals surface area contributed by atoms with E-state index in [0.29, 0.717) is 13.1 Å². The Balaban J connectivity index is 3.06. The van der Waals surface area contributed by atoms with Gasteiger partial charge in [-0.1, -0.05) is 18.5 Å². The minimum absolute atomic E-state index is 0.0108. The predicted octanol–water partition coefficient (Wildman–Crippen LogP) is 2.34. The zero-order valence-corrected chi connectivity index (χ0v) is 9.04. The summed E-state index contributed by atoms with van der Waals surface area (Å²) < 4.78 is 0. The van der Waals surface area contributed by atoms with Gasteiger partial charge in [0.25, 0.3) is 0 Å². The van der Waals surface area contributed by atoms with Crippen LogP contribution in [0.5, 0.6) is 0 Å². The van der Waals surface area contributed by atoms with Gasteiger partial charge in [-0.2, -0.15) is 0 Å². The Kier molecular flexibility index (Phi) is 3.52. The molecule has 0 amide bonds. The van der Waals surface area contributed by atoms with E-state index >= 15 is 0 Å². The zero-order chi connectivity index (χ0) is 10.7. The molecule has 78 valence electrons. The number of nitro groups is 1. The number of nitrogens with zero attached hydrogens (tertiary/aromatic N) is 2. The molecule has 0 aromatic heterocycles. The zero-order valence-electron chi connectivity index (χ0n) is 8.29. The van der Waals surface area contributed by atoms with Crippen LogP contribution in [0.4, 0.5) is 0 Å². The molecule has 0 unspecified atom stereocenters. The normalized spacial score (nSPS) is 17.1. The molecule has 0 aromatic rings. The molecule has 0 fully saturated rings. The van der Waals surface area contributed by atoms with Crippen LogP contribution in [0.25, 0.3) is 0 Å². The quantitative estimate of drug-likeness (QED) is 0.413. The van der Waals surface area contributed by atoms with Crippen molar-refractivity contribution in [1.82, 2.24) is 4.90 Å². The lowest BCUT2D eigenvalue weighted by Crippen LogP contribution is -2.28. The maximum atomic E-state index is 10.7. The van der Waals surface area contributed by atoms with Gasteiger partial charge in [-0.3, -0.25) is 10.1 Å². The molecule has 0 bridgehead atoms. The van der Waals surface area contributed by atoms with Gasteiger partial charge in [0, 0.05) is 19.2 Å². The minimum atomic E-state index is -0.431. The van der Waals surface area contributed by atoms with Gasteiger partial charge in [0.2, 0.25) is 0 Å². The van der Waals surface area contributed by atoms with Crippen LogP contribution in [-0.4, -0.2) is 22.9 Å². The Morgan fingerprint density at radius 2 is 2.29 bits per heavy atom. The summed E-state index contributed by atoms with van der Waals surface area (Å²) in [5, 5.41) is 10.9. The summed E-state index contributed by atoms with van der Waals surface area (Å²) in [7, 11) is 0. The van der Waals surface area contributed by atoms with E-state index in [1.165, 1.54) is 0 Å². The minimum Gasteiger partial charge on any atom is -0.353 e. The van der Waals surface area contributed by atoms with E-state index in [4.69, 9.17) is 11.6 Å². The van der Waals surface area contributed by atoms with Crippen LogP contribution in [0, 0.1) is 10.1 Å². The first kappa shape index (κ1) is 11.0. The fourth-order valence-electron chi connectivity index (χ4n) is 1.37. The van der Waals surface area contributed by atoms with E-state index in [1.54, 1.807) is 11.0 Å². The molecule has 1 aliphatic rings. The molecule has 0 aromatic carbocycles. The van der Waals surface area contributed by atoms with Crippen molar-refractivity contribution in [3.05, 3.63) is 32.6 Å². The highest BCUT2D eigenvalue weighted by Crippen LogP contribution is 2.25. The molecule has 0 aliphatic carbocycles. The Bertz CT molecular complexity index is 310. The second-order valence-corrected chi connectivity index (χ2v) is 3.46. The molecule has 0 N–H and O–H groups in total. The Hall–Kier alpha value is -1.03. The first-order valence-electron chi connectivity index (χ1n) is 4.58. The summed E-state index contributed by atoms with van der Waals surface area (Å²) in [6, 6.07) is 0. The third-order valence-corrected chi connectivity index (χ3v) is 2.69. The summed E-state index contributed by atoms with van der Waals surface area (Å²) in [6.07, 6.45) is 2.40. The van der Waals surface area contributed by atoms with Crippen LogP contribution in [-0.2, 0) is 0 Å². The molecule has 0 saturated heterocycles. The van der Waals surface area contributed by atoms with Crippen molar-refractivity contribution >= 4 is 11.6 Å². The lowest BCUT2D eigenvalue weighted by molar-refractivity contribution is -0.421. The lowest BCUT2D eigenvalue weighted by atomic mass is 10.1. The van der Waals surface area contributed by atoms with E-state index in [9.17, 15) is 10.1 Å². The van der Waals surface area contributed by atoms with Crippen LogP contribution in [0.3, 0.4) is 0 Å². The summed E-state index contributed by atoms with van der Waals surface area (Å²) in [4.78, 5) is 12.1. The van der Waals surface area contributed by atoms with E-state index < -0.39 is 4.92 Å². The standard InChI is InChI=1S/C9H13ClN2O2/c1-3-7-5-8(12(13)14)9(10)11(4-2)6-7/h5H,3-4,6H2,1-2H3. The van der Waals surface area contributed by atoms with E-state index in [2.05, 4.69) is 0 Å². The molecule has 5 heteroatoms. The van der Waals surface area contributed by atoms with Crippen LogP contribution in [0.15, 0.2) is 22.5 Å². The highest BCUT2D eigenvalue weighted by Gasteiger charge is 2.24. The Morgan fingerprint density at radius 3 is 2.71 bits per heavy atom. The molecular formula is C9H13ClN2O2.